The summed E-state index contributed by atoms with van der Waals surface area (Å²) in [6, 6.07) is 65.3. The minimum atomic E-state index is 0.607. The molecule has 62 heavy (non-hydrogen) atoms. The van der Waals surface area contributed by atoms with Crippen LogP contribution in [0, 0.1) is 0 Å². The standard InChI is InChI=1S/C56H32N4OS/c1-2-12-33-30-48-43(26-32(33)11-1)39-15-5-8-18-47(39)60(48)49-31-42-37(25-34-13-3-4-14-38(34)42)29-46(49)56-58-54(35-21-23-51-44(27-35)40-16-6-9-19-50(40)61-51)57-55(59-56)36-22-24-53-45(28-36)41-17-7-10-20-52(41)62-53/h1-24,26-31H,25H2. The third-order valence-corrected chi connectivity index (χ3v) is 14.0. The molecule has 0 saturated heterocycles. The van der Waals surface area contributed by atoms with Gasteiger partial charge < -0.3 is 8.98 Å². The lowest BCUT2D eigenvalue weighted by Gasteiger charge is -2.17. The highest BCUT2D eigenvalue weighted by Crippen LogP contribution is 2.45. The predicted octanol–water partition coefficient (Wildman–Crippen LogP) is 15.0. The summed E-state index contributed by atoms with van der Waals surface area (Å²) in [6.07, 6.45) is 0.841. The molecule has 1 aliphatic rings. The van der Waals surface area contributed by atoms with E-state index in [2.05, 4.69) is 168 Å². The number of furan rings is 1. The van der Waals surface area contributed by atoms with E-state index >= 15 is 0 Å². The summed E-state index contributed by atoms with van der Waals surface area (Å²) in [4.78, 5) is 16.3. The van der Waals surface area contributed by atoms with Crippen LogP contribution in [0.5, 0.6) is 0 Å². The zero-order valence-electron chi connectivity index (χ0n) is 33.1. The zero-order valence-corrected chi connectivity index (χ0v) is 33.9. The second kappa shape index (κ2) is 12.8. The van der Waals surface area contributed by atoms with Crippen molar-refractivity contribution in [1.82, 2.24) is 19.5 Å². The number of nitrogens with zero attached hydrogens (tertiary/aromatic N) is 4. The van der Waals surface area contributed by atoms with Crippen LogP contribution in [0.2, 0.25) is 0 Å². The number of para-hydroxylation sites is 2. The van der Waals surface area contributed by atoms with Crippen molar-refractivity contribution in [3.8, 4) is 51.0 Å². The Labute approximate surface area is 358 Å². The highest BCUT2D eigenvalue weighted by molar-refractivity contribution is 7.25. The Morgan fingerprint density at radius 1 is 0.403 bits per heavy atom. The molecule has 14 rings (SSSR count). The van der Waals surface area contributed by atoms with Crippen molar-refractivity contribution in [2.24, 2.45) is 0 Å². The molecule has 0 unspecified atom stereocenters. The summed E-state index contributed by atoms with van der Waals surface area (Å²) < 4.78 is 11.2. The molecular weight excluding hydrogens is 777 g/mol. The van der Waals surface area contributed by atoms with E-state index in [1.807, 2.05) is 29.5 Å². The van der Waals surface area contributed by atoms with Gasteiger partial charge in [-0.25, -0.2) is 15.0 Å². The highest BCUT2D eigenvalue weighted by Gasteiger charge is 2.26. The summed E-state index contributed by atoms with van der Waals surface area (Å²) in [7, 11) is 0. The maximum Gasteiger partial charge on any atom is 0.166 e. The minimum Gasteiger partial charge on any atom is -0.456 e. The fraction of sp³-hybridized carbons (Fsp3) is 0.0179. The van der Waals surface area contributed by atoms with E-state index in [0.717, 1.165) is 61.8 Å². The molecule has 0 atom stereocenters. The number of thiophene rings is 1. The van der Waals surface area contributed by atoms with Crippen molar-refractivity contribution in [2.75, 3.05) is 0 Å². The highest BCUT2D eigenvalue weighted by atomic mass is 32.1. The van der Waals surface area contributed by atoms with Gasteiger partial charge in [0, 0.05) is 58.4 Å². The molecule has 0 radical (unpaired) electrons. The van der Waals surface area contributed by atoms with E-state index in [1.165, 1.54) is 64.0 Å². The minimum absolute atomic E-state index is 0.607. The molecule has 0 bridgehead atoms. The van der Waals surface area contributed by atoms with E-state index in [-0.39, 0.29) is 0 Å². The Hall–Kier alpha value is -7.93. The molecule has 288 valence electrons. The van der Waals surface area contributed by atoms with Crippen molar-refractivity contribution in [3.05, 3.63) is 193 Å². The molecule has 0 fully saturated rings. The predicted molar refractivity (Wildman–Crippen MR) is 256 cm³/mol. The maximum absolute atomic E-state index is 6.27. The molecule has 4 heterocycles. The van der Waals surface area contributed by atoms with Gasteiger partial charge in [-0.3, -0.25) is 0 Å². The molecule has 1 aliphatic carbocycles. The van der Waals surface area contributed by atoms with Crippen LogP contribution in [0.1, 0.15) is 11.1 Å². The lowest BCUT2D eigenvalue weighted by Crippen LogP contribution is -2.04. The van der Waals surface area contributed by atoms with Gasteiger partial charge in [-0.2, -0.15) is 0 Å². The zero-order chi connectivity index (χ0) is 40.5. The number of hydrogen-bond donors (Lipinski definition) is 0. The van der Waals surface area contributed by atoms with Crippen LogP contribution in [0.25, 0.3) is 126 Å². The lowest BCUT2D eigenvalue weighted by atomic mass is 10.00. The van der Waals surface area contributed by atoms with Gasteiger partial charge in [0.2, 0.25) is 0 Å². The maximum atomic E-state index is 6.27. The van der Waals surface area contributed by atoms with E-state index in [9.17, 15) is 0 Å². The lowest BCUT2D eigenvalue weighted by molar-refractivity contribution is 0.669. The van der Waals surface area contributed by atoms with Crippen LogP contribution >= 0.6 is 11.3 Å². The molecule has 6 heteroatoms. The summed E-state index contributed by atoms with van der Waals surface area (Å²) >= 11 is 1.81. The van der Waals surface area contributed by atoms with Crippen LogP contribution in [0.15, 0.2) is 186 Å². The van der Waals surface area contributed by atoms with Gasteiger partial charge in [0.15, 0.2) is 17.5 Å². The molecule has 13 aromatic rings. The first-order chi connectivity index (χ1) is 30.7. The first-order valence-corrected chi connectivity index (χ1v) is 21.8. The Morgan fingerprint density at radius 3 is 1.95 bits per heavy atom. The van der Waals surface area contributed by atoms with Crippen molar-refractivity contribution < 1.29 is 4.42 Å². The molecule has 9 aromatic carbocycles. The first kappa shape index (κ1) is 33.9. The average molecular weight is 809 g/mol. The van der Waals surface area contributed by atoms with Crippen LogP contribution in [0.3, 0.4) is 0 Å². The summed E-state index contributed by atoms with van der Waals surface area (Å²) in [5.74, 6) is 1.86. The smallest absolute Gasteiger partial charge is 0.166 e. The second-order valence-electron chi connectivity index (χ2n) is 16.4. The van der Waals surface area contributed by atoms with Gasteiger partial charge in [-0.05, 0) is 118 Å². The van der Waals surface area contributed by atoms with Gasteiger partial charge in [0.05, 0.1) is 16.7 Å². The van der Waals surface area contributed by atoms with Crippen LogP contribution in [0.4, 0.5) is 0 Å². The molecular formula is C56H32N4OS. The van der Waals surface area contributed by atoms with E-state index in [0.29, 0.717) is 17.5 Å². The van der Waals surface area contributed by atoms with E-state index in [1.54, 1.807) is 0 Å². The van der Waals surface area contributed by atoms with Crippen LogP contribution < -0.4 is 0 Å². The fourth-order valence-electron chi connectivity index (χ4n) is 9.94. The number of benzene rings is 9. The largest absolute Gasteiger partial charge is 0.456 e. The van der Waals surface area contributed by atoms with Crippen LogP contribution in [-0.2, 0) is 6.42 Å². The first-order valence-electron chi connectivity index (χ1n) is 21.0. The third kappa shape index (κ3) is 4.98. The van der Waals surface area contributed by atoms with Gasteiger partial charge >= 0.3 is 0 Å². The van der Waals surface area contributed by atoms with Crippen molar-refractivity contribution in [3.63, 3.8) is 0 Å². The van der Waals surface area contributed by atoms with Crippen molar-refractivity contribution >= 4 is 86.0 Å². The topological polar surface area (TPSA) is 56.7 Å². The Morgan fingerprint density at radius 2 is 1.06 bits per heavy atom. The summed E-state index contributed by atoms with van der Waals surface area (Å²) in [6.45, 7) is 0. The third-order valence-electron chi connectivity index (χ3n) is 12.8. The molecule has 0 N–H and O–H groups in total. The van der Waals surface area contributed by atoms with Crippen molar-refractivity contribution in [1.29, 1.82) is 0 Å². The number of hydrogen-bond acceptors (Lipinski definition) is 5. The molecule has 0 amide bonds. The van der Waals surface area contributed by atoms with Gasteiger partial charge in [0.25, 0.3) is 0 Å². The van der Waals surface area contributed by atoms with E-state index < -0.39 is 0 Å². The second-order valence-corrected chi connectivity index (χ2v) is 17.4. The molecule has 0 aliphatic heterocycles. The quantitative estimate of drug-likeness (QED) is 0.178. The van der Waals surface area contributed by atoms with Gasteiger partial charge in [-0.15, -0.1) is 11.3 Å². The number of fused-ring (bicyclic) bond motifs is 13. The Kier molecular flexibility index (Phi) is 6.98. The molecule has 0 saturated carbocycles. The Balaban J connectivity index is 1.08. The van der Waals surface area contributed by atoms with Crippen LogP contribution in [-0.4, -0.2) is 19.5 Å². The molecule has 5 nitrogen and oxygen atoms in total. The normalized spacial score (nSPS) is 12.5. The summed E-state index contributed by atoms with van der Waals surface area (Å²) in [5.41, 5.74) is 12.9. The van der Waals surface area contributed by atoms with Crippen molar-refractivity contribution in [2.45, 2.75) is 6.42 Å². The SMILES string of the molecule is c1ccc2c(c1)Cc1cc(-c3nc(-c4ccc5oc6ccccc6c5c4)nc(-c4ccc5sc6ccccc6c5c4)n3)c(-n3c4ccccc4c4cc5ccccc5cc43)cc1-2. The van der Waals surface area contributed by atoms with Gasteiger partial charge in [0.1, 0.15) is 11.2 Å². The van der Waals surface area contributed by atoms with E-state index in [4.69, 9.17) is 19.4 Å². The average Bonchev–Trinajstić information content (AvgIpc) is 4.08. The monoisotopic (exact) mass is 808 g/mol. The van der Waals surface area contributed by atoms with Gasteiger partial charge in [-0.1, -0.05) is 103 Å². The number of rotatable bonds is 4. The molecule has 4 aromatic heterocycles. The Bertz CT molecular complexity index is 3910. The number of aromatic nitrogens is 4. The fourth-order valence-corrected chi connectivity index (χ4v) is 11.0. The summed E-state index contributed by atoms with van der Waals surface area (Å²) in [5, 5.41) is 9.35. The molecule has 0 spiro atoms.